The lowest BCUT2D eigenvalue weighted by molar-refractivity contribution is -0.146. The van der Waals surface area contributed by atoms with Crippen LogP contribution >= 0.6 is 0 Å². The van der Waals surface area contributed by atoms with Crippen molar-refractivity contribution in [3.05, 3.63) is 0 Å². The van der Waals surface area contributed by atoms with Gasteiger partial charge in [0.15, 0.2) is 0 Å². The van der Waals surface area contributed by atoms with E-state index in [0.717, 1.165) is 83.7 Å². The number of carbonyl (C=O) groups excluding carboxylic acids is 3. The minimum absolute atomic E-state index is 0.0366. The first-order valence-corrected chi connectivity index (χ1v) is 29.0. The molecule has 2 unspecified atom stereocenters. The van der Waals surface area contributed by atoms with Crippen LogP contribution in [0.1, 0.15) is 298 Å². The van der Waals surface area contributed by atoms with Crippen LogP contribution < -0.4 is 0 Å². The molecule has 0 radical (unpaired) electrons. The number of unbranched alkanes of at least 4 members (excludes halogenated alkanes) is 24. The third-order valence-corrected chi connectivity index (χ3v) is 13.9. The van der Waals surface area contributed by atoms with Crippen LogP contribution in [0.3, 0.4) is 0 Å². The van der Waals surface area contributed by atoms with E-state index in [-0.39, 0.29) is 18.0 Å². The molecule has 0 bridgehead atoms. The smallest absolute Gasteiger partial charge is 0.305 e. The van der Waals surface area contributed by atoms with Crippen LogP contribution in [0.15, 0.2) is 0 Å². The van der Waals surface area contributed by atoms with Gasteiger partial charge in [0.25, 0.3) is 0 Å². The van der Waals surface area contributed by atoms with Crippen LogP contribution in [-0.2, 0) is 23.9 Å². The minimum atomic E-state index is -0.0366. The van der Waals surface area contributed by atoms with Gasteiger partial charge in [0.1, 0.15) is 0 Å². The van der Waals surface area contributed by atoms with Gasteiger partial charge in [-0.3, -0.25) is 14.4 Å². The lowest BCUT2D eigenvalue weighted by Gasteiger charge is -2.33. The molecule has 0 aromatic heterocycles. The van der Waals surface area contributed by atoms with Gasteiger partial charge in [-0.05, 0) is 96.7 Å². The summed E-state index contributed by atoms with van der Waals surface area (Å²) in [5, 5.41) is 0. The summed E-state index contributed by atoms with van der Waals surface area (Å²) in [6.07, 6.45) is 46.4. The number of nitrogens with zero attached hydrogens (tertiary/aromatic N) is 2. The summed E-state index contributed by atoms with van der Waals surface area (Å²) in [6, 6.07) is 0.199. The largest absolute Gasteiger partial charge is 0.465 e. The lowest BCUT2D eigenvalue weighted by Crippen LogP contribution is -2.41. The summed E-state index contributed by atoms with van der Waals surface area (Å²) in [6.45, 7) is 14.2. The van der Waals surface area contributed by atoms with Gasteiger partial charge in [0, 0.05) is 31.8 Å². The van der Waals surface area contributed by atoms with Crippen LogP contribution in [0.2, 0.25) is 0 Å². The first-order valence-electron chi connectivity index (χ1n) is 29.0. The Balaban J connectivity index is 5.29. The Labute approximate surface area is 406 Å². The van der Waals surface area contributed by atoms with Crippen LogP contribution in [0, 0.1) is 11.8 Å². The molecule has 2 atom stereocenters. The van der Waals surface area contributed by atoms with E-state index < -0.39 is 0 Å². The zero-order chi connectivity index (χ0) is 47.9. The second-order valence-corrected chi connectivity index (χ2v) is 20.7. The summed E-state index contributed by atoms with van der Waals surface area (Å²) in [5.74, 6) is 1.23. The predicted molar refractivity (Wildman–Crippen MR) is 281 cm³/mol. The van der Waals surface area contributed by atoms with Crippen LogP contribution in [0.25, 0.3) is 0 Å². The Kier molecular flexibility index (Phi) is 47.6. The maximum Gasteiger partial charge on any atom is 0.305 e. The maximum atomic E-state index is 13.9. The summed E-state index contributed by atoms with van der Waals surface area (Å²) in [5.41, 5.74) is 0. The van der Waals surface area contributed by atoms with E-state index in [2.05, 4.69) is 58.5 Å². The molecular formula is C58H114N2O5. The molecule has 1 amide bonds. The predicted octanol–water partition coefficient (Wildman–Crippen LogP) is 17.2. The fourth-order valence-electron chi connectivity index (χ4n) is 9.53. The third kappa shape index (κ3) is 42.2. The highest BCUT2D eigenvalue weighted by atomic mass is 16.5. The average Bonchev–Trinajstić information content (AvgIpc) is 3.29. The topological polar surface area (TPSA) is 76.2 Å². The quantitative estimate of drug-likeness (QED) is 0.0447. The van der Waals surface area contributed by atoms with E-state index in [0.29, 0.717) is 50.2 Å². The van der Waals surface area contributed by atoms with Gasteiger partial charge in [-0.1, -0.05) is 214 Å². The van der Waals surface area contributed by atoms with Crippen LogP contribution in [0.5, 0.6) is 0 Å². The average molecular weight is 920 g/mol. The van der Waals surface area contributed by atoms with E-state index >= 15 is 0 Å². The van der Waals surface area contributed by atoms with Gasteiger partial charge in [-0.25, -0.2) is 0 Å². The van der Waals surface area contributed by atoms with Crippen molar-refractivity contribution in [3.63, 3.8) is 0 Å². The highest BCUT2D eigenvalue weighted by molar-refractivity contribution is 5.76. The van der Waals surface area contributed by atoms with Gasteiger partial charge in [0.2, 0.25) is 5.91 Å². The first-order chi connectivity index (χ1) is 31.7. The number of hydrogen-bond donors (Lipinski definition) is 0. The van der Waals surface area contributed by atoms with Crippen molar-refractivity contribution in [2.24, 2.45) is 11.8 Å². The van der Waals surface area contributed by atoms with E-state index in [1.165, 1.54) is 173 Å². The molecule has 0 aromatic rings. The molecule has 0 heterocycles. The molecule has 0 N–H and O–H groups in total. The molecule has 386 valence electrons. The molecule has 0 saturated heterocycles. The summed E-state index contributed by atoms with van der Waals surface area (Å²) < 4.78 is 11.8. The molecule has 0 fully saturated rings. The zero-order valence-electron chi connectivity index (χ0n) is 45.0. The van der Waals surface area contributed by atoms with Gasteiger partial charge >= 0.3 is 11.9 Å². The second kappa shape index (κ2) is 48.8. The number of carbonyl (C=O) groups is 3. The van der Waals surface area contributed by atoms with E-state index in [1.54, 1.807) is 0 Å². The van der Waals surface area contributed by atoms with Crippen molar-refractivity contribution in [2.75, 3.05) is 40.4 Å². The minimum Gasteiger partial charge on any atom is -0.465 e. The molecular weight excluding hydrogens is 805 g/mol. The second-order valence-electron chi connectivity index (χ2n) is 20.7. The van der Waals surface area contributed by atoms with Crippen LogP contribution in [-0.4, -0.2) is 74.1 Å². The molecule has 0 spiro atoms. The Morgan fingerprint density at radius 1 is 0.354 bits per heavy atom. The Morgan fingerprint density at radius 3 is 1.05 bits per heavy atom. The Hall–Kier alpha value is -1.63. The number of amides is 1. The molecule has 65 heavy (non-hydrogen) atoms. The normalized spacial score (nSPS) is 13.0. The molecule has 7 heteroatoms. The molecule has 0 rings (SSSR count). The van der Waals surface area contributed by atoms with Crippen molar-refractivity contribution >= 4 is 17.8 Å². The number of esters is 2. The monoisotopic (exact) mass is 919 g/mol. The molecule has 7 nitrogen and oxygen atoms in total. The van der Waals surface area contributed by atoms with Crippen molar-refractivity contribution in [2.45, 2.75) is 304 Å². The summed E-state index contributed by atoms with van der Waals surface area (Å²) >= 11 is 0. The molecule has 0 aliphatic heterocycles. The number of rotatable bonds is 51. The zero-order valence-corrected chi connectivity index (χ0v) is 45.0. The standard InChI is InChI=1S/C58H114N2O5/c1-8-13-18-23-26-32-42-53(40-30-21-16-11-4)51-64-57(62)47-37-28-34-44-55(60(50-39-49-59(6)7)56(61)46-36-25-20-15-10-3)45-35-29-38-48-58(63)65-52-54(41-31-22-17-12-5)43-33-27-24-19-14-9-2/h53-55H,8-52H2,1-7H3. The van der Waals surface area contributed by atoms with Gasteiger partial charge in [-0.2, -0.15) is 0 Å². The maximum absolute atomic E-state index is 13.9. The van der Waals surface area contributed by atoms with Gasteiger partial charge in [0.05, 0.1) is 13.2 Å². The van der Waals surface area contributed by atoms with Gasteiger partial charge < -0.3 is 19.3 Å². The fraction of sp³-hybridized carbons (Fsp3) is 0.948. The van der Waals surface area contributed by atoms with E-state index in [1.807, 2.05) is 0 Å². The Morgan fingerprint density at radius 2 is 0.662 bits per heavy atom. The molecule has 0 aliphatic rings. The fourth-order valence-corrected chi connectivity index (χ4v) is 9.53. The Bertz CT molecular complexity index is 978. The van der Waals surface area contributed by atoms with E-state index in [9.17, 15) is 14.4 Å². The van der Waals surface area contributed by atoms with Gasteiger partial charge in [-0.15, -0.1) is 0 Å². The van der Waals surface area contributed by atoms with Crippen molar-refractivity contribution < 1.29 is 23.9 Å². The van der Waals surface area contributed by atoms with Crippen molar-refractivity contribution in [3.8, 4) is 0 Å². The molecule has 0 saturated carbocycles. The van der Waals surface area contributed by atoms with Crippen molar-refractivity contribution in [1.29, 1.82) is 0 Å². The SMILES string of the molecule is CCCCCCCCC(CCCCCC)COC(=O)CCCCCC(CCCCCC(=O)OCC(CCCCCC)CCCCCCCC)N(CCCN(C)C)C(=O)CCCCCCC. The number of hydrogen-bond acceptors (Lipinski definition) is 6. The first kappa shape index (κ1) is 63.4. The highest BCUT2D eigenvalue weighted by Crippen LogP contribution is 2.24. The van der Waals surface area contributed by atoms with Crippen molar-refractivity contribution in [1.82, 2.24) is 9.80 Å². The lowest BCUT2D eigenvalue weighted by atomic mass is 9.95. The van der Waals surface area contributed by atoms with Crippen LogP contribution in [0.4, 0.5) is 0 Å². The molecule has 0 aromatic carbocycles. The summed E-state index contributed by atoms with van der Waals surface area (Å²) in [4.78, 5) is 44.3. The van der Waals surface area contributed by atoms with E-state index in [4.69, 9.17) is 9.47 Å². The third-order valence-electron chi connectivity index (χ3n) is 13.9. The highest BCUT2D eigenvalue weighted by Gasteiger charge is 2.23. The summed E-state index contributed by atoms with van der Waals surface area (Å²) in [7, 11) is 4.22. The number of ether oxygens (including phenoxy) is 2. The molecule has 0 aliphatic carbocycles.